The number of nitrogens with one attached hydrogen (secondary N) is 1. The highest BCUT2D eigenvalue weighted by Gasteiger charge is 2.26. The van der Waals surface area contributed by atoms with Gasteiger partial charge in [0.25, 0.3) is 0 Å². The maximum Gasteiger partial charge on any atom is 0.227 e. The summed E-state index contributed by atoms with van der Waals surface area (Å²) < 4.78 is 33.1. The van der Waals surface area contributed by atoms with Crippen LogP contribution in [0.2, 0.25) is 0 Å². The van der Waals surface area contributed by atoms with Gasteiger partial charge in [-0.25, -0.2) is 13.4 Å². The van der Waals surface area contributed by atoms with Crippen LogP contribution in [0.25, 0.3) is 0 Å². The number of hydrogen-bond donors (Lipinski definition) is 1. The van der Waals surface area contributed by atoms with Crippen molar-refractivity contribution < 1.29 is 13.2 Å². The summed E-state index contributed by atoms with van der Waals surface area (Å²) in [6.45, 7) is 6.59. The van der Waals surface area contributed by atoms with E-state index in [9.17, 15) is 8.42 Å². The monoisotopic (exact) mass is 423 g/mol. The minimum Gasteiger partial charge on any atom is -0.376 e. The molecule has 8 nitrogen and oxygen atoms in total. The van der Waals surface area contributed by atoms with Crippen molar-refractivity contribution in [1.29, 1.82) is 0 Å². The zero-order chi connectivity index (χ0) is 20.9. The molecule has 0 aromatic carbocycles. The van der Waals surface area contributed by atoms with Gasteiger partial charge < -0.3 is 9.30 Å². The Morgan fingerprint density at radius 3 is 2.83 bits per heavy atom. The maximum absolute atomic E-state index is 12.7. The van der Waals surface area contributed by atoms with E-state index in [1.165, 1.54) is 0 Å². The zero-order valence-electron chi connectivity index (χ0n) is 17.7. The van der Waals surface area contributed by atoms with E-state index in [4.69, 9.17) is 4.74 Å². The van der Waals surface area contributed by atoms with Crippen molar-refractivity contribution >= 4 is 9.84 Å². The normalized spacial score (nSPS) is 17.4. The molecule has 1 aliphatic rings. The van der Waals surface area contributed by atoms with Gasteiger partial charge in [-0.3, -0.25) is 10.00 Å². The van der Waals surface area contributed by atoms with Crippen molar-refractivity contribution in [2.45, 2.75) is 76.8 Å². The number of imidazole rings is 1. The molecule has 162 valence electrons. The van der Waals surface area contributed by atoms with E-state index < -0.39 is 9.84 Å². The molecule has 0 amide bonds. The fourth-order valence-electron chi connectivity index (χ4n) is 3.81. The number of ether oxygens (including phenoxy) is 1. The fraction of sp³-hybridized carbons (Fsp3) is 0.700. The van der Waals surface area contributed by atoms with E-state index in [2.05, 4.69) is 33.1 Å². The molecule has 2 aromatic heterocycles. The van der Waals surface area contributed by atoms with E-state index >= 15 is 0 Å². The number of aromatic amines is 1. The molecule has 29 heavy (non-hydrogen) atoms. The van der Waals surface area contributed by atoms with Crippen LogP contribution in [0, 0.1) is 0 Å². The summed E-state index contributed by atoms with van der Waals surface area (Å²) in [7, 11) is -1.38. The number of nitrogens with zero attached hydrogens (tertiary/aromatic N) is 4. The molecule has 3 rings (SSSR count). The molecule has 3 heterocycles. The Morgan fingerprint density at radius 1 is 1.31 bits per heavy atom. The molecule has 9 heteroatoms. The Balaban J connectivity index is 1.76. The van der Waals surface area contributed by atoms with E-state index in [0.29, 0.717) is 26.1 Å². The van der Waals surface area contributed by atoms with E-state index in [-0.39, 0.29) is 17.0 Å². The van der Waals surface area contributed by atoms with E-state index in [1.807, 2.05) is 18.5 Å². The first kappa shape index (κ1) is 22.0. The van der Waals surface area contributed by atoms with Crippen molar-refractivity contribution in [3.05, 3.63) is 29.3 Å². The first-order valence-electron chi connectivity index (χ1n) is 10.5. The minimum absolute atomic E-state index is 0.0491. The lowest BCUT2D eigenvalue weighted by atomic mass is 10.2. The number of aromatic nitrogens is 4. The third-order valence-electron chi connectivity index (χ3n) is 5.13. The van der Waals surface area contributed by atoms with Gasteiger partial charge in [0.15, 0.2) is 0 Å². The molecule has 0 saturated carbocycles. The summed E-state index contributed by atoms with van der Waals surface area (Å²) >= 11 is 0. The molecule has 1 aliphatic heterocycles. The van der Waals surface area contributed by atoms with Crippen LogP contribution in [0.4, 0.5) is 0 Å². The molecule has 0 bridgehead atoms. The summed E-state index contributed by atoms with van der Waals surface area (Å²) in [5.74, 6) is 0.110. The smallest absolute Gasteiger partial charge is 0.227 e. The topological polar surface area (TPSA) is 93.1 Å². The summed E-state index contributed by atoms with van der Waals surface area (Å²) in [6.07, 6.45) is 6.33. The predicted molar refractivity (Wildman–Crippen MR) is 111 cm³/mol. The maximum atomic E-state index is 12.7. The molecular formula is C20H33N5O3S. The van der Waals surface area contributed by atoms with Crippen molar-refractivity contribution in [3.8, 4) is 0 Å². The van der Waals surface area contributed by atoms with Crippen LogP contribution in [0.3, 0.4) is 0 Å². The first-order chi connectivity index (χ1) is 13.9. The van der Waals surface area contributed by atoms with Gasteiger partial charge in [0.2, 0.25) is 15.0 Å². The van der Waals surface area contributed by atoms with Crippen molar-refractivity contribution in [1.82, 2.24) is 24.6 Å². The average Bonchev–Trinajstić information content (AvgIpc) is 3.39. The highest BCUT2D eigenvalue weighted by molar-refractivity contribution is 7.91. The predicted octanol–water partition coefficient (Wildman–Crippen LogP) is 2.55. The summed E-state index contributed by atoms with van der Waals surface area (Å²) in [6, 6.07) is 2.10. The number of aryl methyl sites for hydroxylation is 1. The number of rotatable bonds is 11. The average molecular weight is 424 g/mol. The van der Waals surface area contributed by atoms with Crippen LogP contribution in [0.15, 0.2) is 17.4 Å². The molecule has 1 N–H and O–H groups in total. The Morgan fingerprint density at radius 2 is 2.14 bits per heavy atom. The van der Waals surface area contributed by atoms with E-state index in [1.54, 1.807) is 6.20 Å². The zero-order valence-corrected chi connectivity index (χ0v) is 18.5. The number of sulfone groups is 1. The second-order valence-electron chi connectivity index (χ2n) is 7.90. The van der Waals surface area contributed by atoms with Gasteiger partial charge in [0, 0.05) is 25.4 Å². The first-order valence-corrected chi connectivity index (χ1v) is 12.2. The Hall–Kier alpha value is -1.71. The van der Waals surface area contributed by atoms with Gasteiger partial charge in [-0.05, 0) is 38.8 Å². The molecular weight excluding hydrogens is 390 g/mol. The Labute approximate surface area is 173 Å². The summed E-state index contributed by atoms with van der Waals surface area (Å²) in [4.78, 5) is 6.45. The molecule has 1 fully saturated rings. The summed E-state index contributed by atoms with van der Waals surface area (Å²) in [5.41, 5.74) is 3.03. The highest BCUT2D eigenvalue weighted by Crippen LogP contribution is 2.21. The molecule has 2 aromatic rings. The Kier molecular flexibility index (Phi) is 7.48. The molecule has 0 unspecified atom stereocenters. The van der Waals surface area contributed by atoms with E-state index in [0.717, 1.165) is 49.4 Å². The van der Waals surface area contributed by atoms with Gasteiger partial charge >= 0.3 is 0 Å². The standard InChI is InChI=1S/C20H33N5O3S/c1-4-7-16-11-17(23-22-16)13-24(3)14-18-12-21-20(29(26,27)10-5-2)25(18)15-19-8-6-9-28-19/h11-12,19H,4-10,13-15H2,1-3H3,(H,22,23)/t19-/m1/s1. The lowest BCUT2D eigenvalue weighted by Gasteiger charge is -2.20. The third-order valence-corrected chi connectivity index (χ3v) is 6.95. The van der Waals surface area contributed by atoms with Gasteiger partial charge in [-0.15, -0.1) is 0 Å². The highest BCUT2D eigenvalue weighted by atomic mass is 32.2. The van der Waals surface area contributed by atoms with Crippen molar-refractivity contribution in [2.75, 3.05) is 19.4 Å². The minimum atomic E-state index is -3.40. The van der Waals surface area contributed by atoms with Crippen LogP contribution < -0.4 is 0 Å². The Bertz CT molecular complexity index is 884. The lowest BCUT2D eigenvalue weighted by molar-refractivity contribution is 0.0934. The molecule has 1 saturated heterocycles. The third kappa shape index (κ3) is 5.67. The lowest BCUT2D eigenvalue weighted by Crippen LogP contribution is -2.25. The second kappa shape index (κ2) is 9.86. The molecule has 1 atom stereocenters. The van der Waals surface area contributed by atoms with Gasteiger partial charge in [0.1, 0.15) is 0 Å². The number of H-pyrrole nitrogens is 1. The second-order valence-corrected chi connectivity index (χ2v) is 9.91. The summed E-state index contributed by atoms with van der Waals surface area (Å²) in [5, 5.41) is 7.61. The fourth-order valence-corrected chi connectivity index (χ4v) is 5.27. The van der Waals surface area contributed by atoms with Gasteiger partial charge in [-0.2, -0.15) is 5.10 Å². The SMILES string of the molecule is CCCc1cc(CN(C)Cc2cnc(S(=O)(=O)CCC)n2C[C@H]2CCCO2)[nH]n1. The van der Waals surface area contributed by atoms with Crippen LogP contribution in [-0.2, 0) is 40.6 Å². The molecule has 0 spiro atoms. The van der Waals surface area contributed by atoms with Crippen molar-refractivity contribution in [3.63, 3.8) is 0 Å². The van der Waals surface area contributed by atoms with Crippen LogP contribution >= 0.6 is 0 Å². The largest absolute Gasteiger partial charge is 0.376 e. The van der Waals surface area contributed by atoms with Gasteiger partial charge in [0.05, 0.1) is 36.0 Å². The number of hydrogen-bond acceptors (Lipinski definition) is 6. The van der Waals surface area contributed by atoms with Crippen molar-refractivity contribution in [2.24, 2.45) is 0 Å². The van der Waals surface area contributed by atoms with Crippen LogP contribution in [-0.4, -0.2) is 58.6 Å². The van der Waals surface area contributed by atoms with Crippen LogP contribution in [0.1, 0.15) is 56.6 Å². The van der Waals surface area contributed by atoms with Gasteiger partial charge in [-0.1, -0.05) is 20.3 Å². The molecule has 0 radical (unpaired) electrons. The quantitative estimate of drug-likeness (QED) is 0.597. The van der Waals surface area contributed by atoms with Crippen LogP contribution in [0.5, 0.6) is 0 Å². The molecule has 0 aliphatic carbocycles.